The summed E-state index contributed by atoms with van der Waals surface area (Å²) in [7, 11) is 0. The third-order valence-corrected chi connectivity index (χ3v) is 4.44. The predicted octanol–water partition coefficient (Wildman–Crippen LogP) is 6.60. The van der Waals surface area contributed by atoms with Gasteiger partial charge in [0.1, 0.15) is 11.5 Å². The molecular formula is C14H10BrCl3O. The first-order valence-corrected chi connectivity index (χ1v) is 7.57. The highest BCUT2D eigenvalue weighted by molar-refractivity contribution is 9.10. The second-order valence-corrected chi connectivity index (χ2v) is 5.96. The molecule has 0 saturated carbocycles. The van der Waals surface area contributed by atoms with Crippen LogP contribution in [0.25, 0.3) is 0 Å². The van der Waals surface area contributed by atoms with Crippen LogP contribution in [-0.4, -0.2) is 0 Å². The Morgan fingerprint density at radius 3 is 2.47 bits per heavy atom. The molecule has 0 unspecified atom stereocenters. The van der Waals surface area contributed by atoms with Gasteiger partial charge in [0.2, 0.25) is 0 Å². The fourth-order valence-electron chi connectivity index (χ4n) is 1.59. The fraction of sp³-hybridized carbons (Fsp3) is 0.143. The molecule has 0 aliphatic rings. The Kier molecular flexibility index (Phi) is 5.02. The van der Waals surface area contributed by atoms with Gasteiger partial charge in [0.15, 0.2) is 0 Å². The van der Waals surface area contributed by atoms with E-state index in [1.807, 2.05) is 25.1 Å². The largest absolute Gasteiger partial charge is 0.456 e. The van der Waals surface area contributed by atoms with E-state index < -0.39 is 0 Å². The van der Waals surface area contributed by atoms with Gasteiger partial charge in [-0.15, -0.1) is 11.6 Å². The van der Waals surface area contributed by atoms with E-state index in [1.165, 1.54) is 0 Å². The maximum absolute atomic E-state index is 6.11. The number of hydrogen-bond donors (Lipinski definition) is 0. The van der Waals surface area contributed by atoms with Crippen molar-refractivity contribution in [3.8, 4) is 11.5 Å². The first kappa shape index (κ1) is 15.0. The van der Waals surface area contributed by atoms with Gasteiger partial charge in [0.25, 0.3) is 0 Å². The summed E-state index contributed by atoms with van der Waals surface area (Å²) in [5.74, 6) is 1.70. The lowest BCUT2D eigenvalue weighted by Gasteiger charge is -2.11. The summed E-state index contributed by atoms with van der Waals surface area (Å²) in [6.07, 6.45) is 0. The van der Waals surface area contributed by atoms with Crippen LogP contribution in [0.1, 0.15) is 11.1 Å². The lowest BCUT2D eigenvalue weighted by molar-refractivity contribution is 0.482. The molecule has 0 N–H and O–H groups in total. The number of hydrogen-bond acceptors (Lipinski definition) is 1. The molecule has 19 heavy (non-hydrogen) atoms. The number of ether oxygens (including phenoxy) is 1. The van der Waals surface area contributed by atoms with Gasteiger partial charge in [-0.25, -0.2) is 0 Å². The van der Waals surface area contributed by atoms with Crippen LogP contribution in [0.15, 0.2) is 34.8 Å². The Morgan fingerprint density at radius 1 is 1.11 bits per heavy atom. The molecule has 5 heteroatoms. The molecule has 0 amide bonds. The van der Waals surface area contributed by atoms with Crippen LogP contribution in [-0.2, 0) is 5.88 Å². The Hall–Kier alpha value is -0.410. The molecule has 0 aliphatic carbocycles. The summed E-state index contributed by atoms with van der Waals surface area (Å²) < 4.78 is 6.48. The molecule has 1 nitrogen and oxygen atoms in total. The minimum atomic E-state index is 0.483. The number of benzene rings is 2. The summed E-state index contributed by atoms with van der Waals surface area (Å²) >= 11 is 21.3. The average molecular weight is 380 g/mol. The zero-order valence-corrected chi connectivity index (χ0v) is 13.9. The van der Waals surface area contributed by atoms with Crippen molar-refractivity contribution in [1.82, 2.24) is 0 Å². The number of aryl methyl sites for hydroxylation is 1. The van der Waals surface area contributed by atoms with E-state index in [-0.39, 0.29) is 0 Å². The van der Waals surface area contributed by atoms with Crippen LogP contribution in [0.5, 0.6) is 11.5 Å². The summed E-state index contributed by atoms with van der Waals surface area (Å²) in [5, 5.41) is 1.05. The maximum Gasteiger partial charge on any atom is 0.147 e. The highest BCUT2D eigenvalue weighted by Crippen LogP contribution is 2.36. The Morgan fingerprint density at radius 2 is 1.84 bits per heavy atom. The van der Waals surface area contributed by atoms with E-state index in [4.69, 9.17) is 39.5 Å². The second kappa shape index (κ2) is 6.36. The van der Waals surface area contributed by atoms with Crippen LogP contribution < -0.4 is 4.74 Å². The molecule has 2 aromatic carbocycles. The Bertz CT molecular complexity index is 614. The van der Waals surface area contributed by atoms with E-state index >= 15 is 0 Å². The normalized spacial score (nSPS) is 10.6. The molecule has 0 heterocycles. The van der Waals surface area contributed by atoms with Gasteiger partial charge in [-0.2, -0.15) is 0 Å². The van der Waals surface area contributed by atoms with Crippen LogP contribution in [0.3, 0.4) is 0 Å². The van der Waals surface area contributed by atoms with Gasteiger partial charge in [0, 0.05) is 16.4 Å². The molecule has 0 fully saturated rings. The van der Waals surface area contributed by atoms with Crippen molar-refractivity contribution < 1.29 is 4.74 Å². The van der Waals surface area contributed by atoms with E-state index in [0.29, 0.717) is 27.4 Å². The highest BCUT2D eigenvalue weighted by atomic mass is 79.9. The smallest absolute Gasteiger partial charge is 0.147 e. The molecule has 100 valence electrons. The summed E-state index contributed by atoms with van der Waals surface area (Å²) in [4.78, 5) is 0. The van der Waals surface area contributed by atoms with Crippen molar-refractivity contribution in [3.05, 3.63) is 56.0 Å². The lowest BCUT2D eigenvalue weighted by atomic mass is 10.1. The van der Waals surface area contributed by atoms with Crippen LogP contribution in [0, 0.1) is 6.92 Å². The lowest BCUT2D eigenvalue weighted by Crippen LogP contribution is -1.89. The van der Waals surface area contributed by atoms with Gasteiger partial charge in [-0.3, -0.25) is 0 Å². The van der Waals surface area contributed by atoms with Crippen LogP contribution in [0.2, 0.25) is 10.0 Å². The van der Waals surface area contributed by atoms with Crippen molar-refractivity contribution in [2.45, 2.75) is 12.8 Å². The zero-order valence-electron chi connectivity index (χ0n) is 10.0. The van der Waals surface area contributed by atoms with Crippen molar-refractivity contribution in [2.24, 2.45) is 0 Å². The quantitative estimate of drug-likeness (QED) is 0.431. The number of rotatable bonds is 3. The Balaban J connectivity index is 2.31. The van der Waals surface area contributed by atoms with Crippen molar-refractivity contribution >= 4 is 50.7 Å². The van der Waals surface area contributed by atoms with Gasteiger partial charge in [-0.1, -0.05) is 29.3 Å². The molecule has 0 aromatic heterocycles. The summed E-state index contributed by atoms with van der Waals surface area (Å²) in [5.41, 5.74) is 2.15. The number of halogens is 4. The molecule has 2 aromatic rings. The molecule has 2 rings (SSSR count). The Labute approximate surface area is 135 Å². The molecular weight excluding hydrogens is 370 g/mol. The average Bonchev–Trinajstić information content (AvgIpc) is 2.36. The third kappa shape index (κ3) is 3.57. The first-order chi connectivity index (χ1) is 9.01. The molecule has 0 atom stereocenters. The highest BCUT2D eigenvalue weighted by Gasteiger charge is 2.08. The topological polar surface area (TPSA) is 9.23 Å². The maximum atomic E-state index is 6.11. The zero-order chi connectivity index (χ0) is 14.0. The van der Waals surface area contributed by atoms with Crippen molar-refractivity contribution in [3.63, 3.8) is 0 Å². The van der Waals surface area contributed by atoms with Crippen molar-refractivity contribution in [2.75, 3.05) is 0 Å². The molecule has 0 radical (unpaired) electrons. The standard InChI is InChI=1S/C14H10BrCl3O/c1-8-4-10(3-2-9(8)7-16)19-14-6-12(17)11(15)5-13(14)18/h2-6H,7H2,1H3. The van der Waals surface area contributed by atoms with E-state index in [0.717, 1.165) is 15.6 Å². The van der Waals surface area contributed by atoms with Crippen LogP contribution >= 0.6 is 50.7 Å². The SMILES string of the molecule is Cc1cc(Oc2cc(Cl)c(Br)cc2Cl)ccc1CCl. The molecule has 0 spiro atoms. The third-order valence-electron chi connectivity index (χ3n) is 2.66. The summed E-state index contributed by atoms with van der Waals surface area (Å²) in [6, 6.07) is 9.10. The van der Waals surface area contributed by atoms with Gasteiger partial charge < -0.3 is 4.74 Å². The summed E-state index contributed by atoms with van der Waals surface area (Å²) in [6.45, 7) is 1.99. The molecule has 0 bridgehead atoms. The minimum Gasteiger partial charge on any atom is -0.456 e. The van der Waals surface area contributed by atoms with Gasteiger partial charge >= 0.3 is 0 Å². The minimum absolute atomic E-state index is 0.483. The monoisotopic (exact) mass is 378 g/mol. The van der Waals surface area contributed by atoms with E-state index in [1.54, 1.807) is 12.1 Å². The second-order valence-electron chi connectivity index (χ2n) is 4.02. The van der Waals surface area contributed by atoms with Gasteiger partial charge in [0.05, 0.1) is 10.0 Å². The van der Waals surface area contributed by atoms with Crippen molar-refractivity contribution in [1.29, 1.82) is 0 Å². The first-order valence-electron chi connectivity index (χ1n) is 5.49. The molecule has 0 saturated heterocycles. The fourth-order valence-corrected chi connectivity index (χ4v) is 2.72. The van der Waals surface area contributed by atoms with Gasteiger partial charge in [-0.05, 0) is 52.2 Å². The van der Waals surface area contributed by atoms with E-state index in [9.17, 15) is 0 Å². The van der Waals surface area contributed by atoms with E-state index in [2.05, 4.69) is 15.9 Å². The van der Waals surface area contributed by atoms with Crippen LogP contribution in [0.4, 0.5) is 0 Å². The molecule has 0 aliphatic heterocycles. The predicted molar refractivity (Wildman–Crippen MR) is 85.0 cm³/mol. The number of alkyl halides is 1.